The summed E-state index contributed by atoms with van der Waals surface area (Å²) in [6, 6.07) is 14.5. The van der Waals surface area contributed by atoms with Crippen molar-refractivity contribution in [3.8, 4) is 0 Å². The molecule has 0 fully saturated rings. The lowest BCUT2D eigenvalue weighted by atomic mass is 10.0. The summed E-state index contributed by atoms with van der Waals surface area (Å²) in [7, 11) is 0. The molecule has 2 aromatic carbocycles. The summed E-state index contributed by atoms with van der Waals surface area (Å²) in [5.74, 6) is 0. The minimum atomic E-state index is -1.07. The molecule has 5 nitrogen and oxygen atoms in total. The Bertz CT molecular complexity index is 673. The number of ether oxygens (including phenoxy) is 1. The first-order valence-electron chi connectivity index (χ1n) is 8.03. The average Bonchev–Trinajstić information content (AvgIpc) is 2.59. The summed E-state index contributed by atoms with van der Waals surface area (Å²) in [5, 5.41) is 23.3. The molecule has 0 radical (unpaired) electrons. The molecule has 0 aliphatic rings. The van der Waals surface area contributed by atoms with Crippen LogP contribution in [0.5, 0.6) is 0 Å². The Labute approximate surface area is 152 Å². The van der Waals surface area contributed by atoms with E-state index in [1.165, 1.54) is 0 Å². The van der Waals surface area contributed by atoms with Crippen LogP contribution in [0.1, 0.15) is 29.2 Å². The number of aryl methyl sites for hydroxylation is 1. The van der Waals surface area contributed by atoms with E-state index in [4.69, 9.17) is 16.3 Å². The molecule has 25 heavy (non-hydrogen) atoms. The molecule has 0 bridgehead atoms. The molecule has 2 atom stereocenters. The van der Waals surface area contributed by atoms with Crippen molar-refractivity contribution in [2.45, 2.75) is 32.2 Å². The summed E-state index contributed by atoms with van der Waals surface area (Å²) >= 11 is 5.96. The number of hydrogen-bond donors (Lipinski definition) is 3. The van der Waals surface area contributed by atoms with E-state index in [0.717, 1.165) is 11.1 Å². The van der Waals surface area contributed by atoms with Crippen LogP contribution in [-0.2, 0) is 11.3 Å². The van der Waals surface area contributed by atoms with Gasteiger partial charge in [-0.05, 0) is 42.2 Å². The molecule has 134 valence electrons. The van der Waals surface area contributed by atoms with Gasteiger partial charge < -0.3 is 20.3 Å². The third-order valence-electron chi connectivity index (χ3n) is 3.69. The monoisotopic (exact) mass is 363 g/mol. The second-order valence-corrected chi connectivity index (χ2v) is 6.29. The molecule has 3 N–H and O–H groups in total. The van der Waals surface area contributed by atoms with Gasteiger partial charge in [-0.3, -0.25) is 0 Å². The van der Waals surface area contributed by atoms with Gasteiger partial charge >= 0.3 is 6.09 Å². The van der Waals surface area contributed by atoms with Crippen molar-refractivity contribution in [3.63, 3.8) is 0 Å². The first-order chi connectivity index (χ1) is 12.0. The molecule has 2 rings (SSSR count). The topological polar surface area (TPSA) is 78.8 Å². The highest BCUT2D eigenvalue weighted by atomic mass is 35.5. The van der Waals surface area contributed by atoms with Crippen molar-refractivity contribution in [2.75, 3.05) is 6.54 Å². The molecule has 0 saturated heterocycles. The van der Waals surface area contributed by atoms with Gasteiger partial charge in [-0.25, -0.2) is 4.79 Å². The van der Waals surface area contributed by atoms with Gasteiger partial charge in [-0.15, -0.1) is 0 Å². The van der Waals surface area contributed by atoms with E-state index in [2.05, 4.69) is 5.32 Å². The van der Waals surface area contributed by atoms with Crippen LogP contribution in [0.3, 0.4) is 0 Å². The lowest BCUT2D eigenvalue weighted by Crippen LogP contribution is -2.29. The van der Waals surface area contributed by atoms with E-state index in [1.807, 2.05) is 37.3 Å². The van der Waals surface area contributed by atoms with Gasteiger partial charge in [0, 0.05) is 11.6 Å². The van der Waals surface area contributed by atoms with E-state index < -0.39 is 18.3 Å². The van der Waals surface area contributed by atoms with Gasteiger partial charge in [0.15, 0.2) is 0 Å². The molecule has 2 aromatic rings. The SMILES string of the molecule is Cc1cc(Cl)cc(C(O)C(O)CCNC(=O)OCc2ccccc2)c1. The third-order valence-corrected chi connectivity index (χ3v) is 3.91. The number of alkyl carbamates (subject to hydrolysis) is 1. The van der Waals surface area contributed by atoms with E-state index in [0.29, 0.717) is 10.6 Å². The maximum atomic E-state index is 11.6. The minimum absolute atomic E-state index is 0.180. The highest BCUT2D eigenvalue weighted by Gasteiger charge is 2.19. The molecule has 0 aromatic heterocycles. The molecule has 0 spiro atoms. The van der Waals surface area contributed by atoms with Gasteiger partial charge in [-0.2, -0.15) is 0 Å². The summed E-state index contributed by atoms with van der Waals surface area (Å²) in [6.07, 6.45) is -2.47. The molecule has 2 unspecified atom stereocenters. The van der Waals surface area contributed by atoms with Crippen LogP contribution in [0.15, 0.2) is 48.5 Å². The van der Waals surface area contributed by atoms with Crippen molar-refractivity contribution in [3.05, 3.63) is 70.2 Å². The van der Waals surface area contributed by atoms with Gasteiger partial charge in [0.05, 0.1) is 6.10 Å². The summed E-state index contributed by atoms with van der Waals surface area (Å²) in [5.41, 5.74) is 2.34. The van der Waals surface area contributed by atoms with Crippen LogP contribution in [0.25, 0.3) is 0 Å². The van der Waals surface area contributed by atoms with Crippen molar-refractivity contribution >= 4 is 17.7 Å². The van der Waals surface area contributed by atoms with Crippen LogP contribution >= 0.6 is 11.6 Å². The molecule has 1 amide bonds. The van der Waals surface area contributed by atoms with Crippen LogP contribution < -0.4 is 5.32 Å². The maximum absolute atomic E-state index is 11.6. The first-order valence-corrected chi connectivity index (χ1v) is 8.41. The number of carbonyl (C=O) groups is 1. The Hall–Kier alpha value is -2.08. The number of benzene rings is 2. The molecule has 0 aliphatic carbocycles. The van der Waals surface area contributed by atoms with Gasteiger partial charge in [-0.1, -0.05) is 48.0 Å². The van der Waals surface area contributed by atoms with Gasteiger partial charge in [0.1, 0.15) is 12.7 Å². The lowest BCUT2D eigenvalue weighted by Gasteiger charge is -2.19. The van der Waals surface area contributed by atoms with E-state index >= 15 is 0 Å². The van der Waals surface area contributed by atoms with Gasteiger partial charge in [0.2, 0.25) is 0 Å². The number of halogens is 1. The van der Waals surface area contributed by atoms with Crippen LogP contribution in [0.2, 0.25) is 5.02 Å². The number of carbonyl (C=O) groups excluding carboxylic acids is 1. The van der Waals surface area contributed by atoms with Crippen molar-refractivity contribution < 1.29 is 19.7 Å². The van der Waals surface area contributed by atoms with Crippen LogP contribution in [-0.4, -0.2) is 29.0 Å². The highest BCUT2D eigenvalue weighted by Crippen LogP contribution is 2.23. The zero-order valence-electron chi connectivity index (χ0n) is 14.0. The zero-order chi connectivity index (χ0) is 18.2. The molecule has 6 heteroatoms. The predicted molar refractivity (Wildman–Crippen MR) is 96.4 cm³/mol. The number of aliphatic hydroxyl groups is 2. The second-order valence-electron chi connectivity index (χ2n) is 5.85. The highest BCUT2D eigenvalue weighted by molar-refractivity contribution is 6.30. The first kappa shape index (κ1) is 19.2. The number of amides is 1. The Morgan fingerprint density at radius 2 is 1.92 bits per heavy atom. The summed E-state index contributed by atoms with van der Waals surface area (Å²) < 4.78 is 5.07. The normalized spacial score (nSPS) is 13.1. The molecular formula is C19H22ClNO4. The zero-order valence-corrected chi connectivity index (χ0v) is 14.7. The minimum Gasteiger partial charge on any atom is -0.445 e. The van der Waals surface area contributed by atoms with Gasteiger partial charge in [0.25, 0.3) is 0 Å². The molecule has 0 aliphatic heterocycles. The van der Waals surface area contributed by atoms with Crippen LogP contribution in [0, 0.1) is 6.92 Å². The average molecular weight is 364 g/mol. The fourth-order valence-corrected chi connectivity index (χ4v) is 2.71. The van der Waals surface area contributed by atoms with Crippen molar-refractivity contribution in [1.29, 1.82) is 0 Å². The second kappa shape index (κ2) is 9.42. The standard InChI is InChI=1S/C19H22ClNO4/c1-13-9-15(11-16(20)10-13)18(23)17(22)7-8-21-19(24)25-12-14-5-3-2-4-6-14/h2-6,9-11,17-18,22-23H,7-8,12H2,1H3,(H,21,24). The fourth-order valence-electron chi connectivity index (χ4n) is 2.41. The lowest BCUT2D eigenvalue weighted by molar-refractivity contribution is 0.0136. The van der Waals surface area contributed by atoms with E-state index in [9.17, 15) is 15.0 Å². The Morgan fingerprint density at radius 1 is 1.20 bits per heavy atom. The molecule has 0 heterocycles. The Balaban J connectivity index is 1.73. The number of nitrogens with one attached hydrogen (secondary N) is 1. The quantitative estimate of drug-likeness (QED) is 0.704. The third kappa shape index (κ3) is 6.38. The summed E-state index contributed by atoms with van der Waals surface area (Å²) in [4.78, 5) is 11.6. The Morgan fingerprint density at radius 3 is 2.60 bits per heavy atom. The Kier molecular flexibility index (Phi) is 7.25. The summed E-state index contributed by atoms with van der Waals surface area (Å²) in [6.45, 7) is 2.23. The fraction of sp³-hybridized carbons (Fsp3) is 0.316. The van der Waals surface area contributed by atoms with E-state index in [1.54, 1.807) is 18.2 Å². The maximum Gasteiger partial charge on any atom is 0.407 e. The molecule has 0 saturated carbocycles. The molecular weight excluding hydrogens is 342 g/mol. The smallest absolute Gasteiger partial charge is 0.407 e. The van der Waals surface area contributed by atoms with E-state index in [-0.39, 0.29) is 19.6 Å². The predicted octanol–water partition coefficient (Wildman–Crippen LogP) is 3.36. The van der Waals surface area contributed by atoms with Crippen molar-refractivity contribution in [2.24, 2.45) is 0 Å². The number of rotatable bonds is 7. The largest absolute Gasteiger partial charge is 0.445 e. The van der Waals surface area contributed by atoms with Crippen LogP contribution in [0.4, 0.5) is 4.79 Å². The number of aliphatic hydroxyl groups excluding tert-OH is 2. The number of hydrogen-bond acceptors (Lipinski definition) is 4. The van der Waals surface area contributed by atoms with Crippen molar-refractivity contribution in [1.82, 2.24) is 5.32 Å².